The molecule has 0 saturated carbocycles. The maximum atomic E-state index is 13.3. The highest BCUT2D eigenvalue weighted by molar-refractivity contribution is 6.00. The molecule has 0 radical (unpaired) electrons. The molecule has 0 fully saturated rings. The highest BCUT2D eigenvalue weighted by Crippen LogP contribution is 2.28. The van der Waals surface area contributed by atoms with Crippen LogP contribution in [0.25, 0.3) is 0 Å². The zero-order valence-corrected chi connectivity index (χ0v) is 7.10. The fourth-order valence-electron chi connectivity index (χ4n) is 1.30. The Kier molecular flexibility index (Phi) is 1.82. The van der Waals surface area contributed by atoms with Crippen LogP contribution in [0.5, 0.6) is 0 Å². The normalized spacial score (nSPS) is 13.6. The van der Waals surface area contributed by atoms with E-state index in [1.165, 1.54) is 6.07 Å². The minimum absolute atomic E-state index is 0.0985. The van der Waals surface area contributed by atoms with Gasteiger partial charge in [-0.2, -0.15) is 5.26 Å². The Morgan fingerprint density at radius 1 is 1.50 bits per heavy atom. The van der Waals surface area contributed by atoms with Gasteiger partial charge >= 0.3 is 0 Å². The third-order valence-electron chi connectivity index (χ3n) is 1.92. The number of nitriles is 1. The minimum atomic E-state index is -0.598. The smallest absolute Gasteiger partial charge is 0.243 e. The fraction of sp³-hybridized carbons (Fsp3) is 0.111. The van der Waals surface area contributed by atoms with Crippen LogP contribution in [0, 0.1) is 17.1 Å². The predicted molar refractivity (Wildman–Crippen MR) is 48.2 cm³/mol. The van der Waals surface area contributed by atoms with Crippen LogP contribution in [0.3, 0.4) is 0 Å². The molecule has 1 aliphatic rings. The number of carbonyl (C=O) groups is 1. The lowest BCUT2D eigenvalue weighted by Crippen LogP contribution is -2.28. The van der Waals surface area contributed by atoms with Crippen molar-refractivity contribution in [3.63, 3.8) is 0 Å². The molecule has 0 bridgehead atoms. The van der Waals surface area contributed by atoms with Gasteiger partial charge < -0.3 is 10.6 Å². The van der Waals surface area contributed by atoms with Crippen molar-refractivity contribution in [3.05, 3.63) is 23.5 Å². The molecule has 14 heavy (non-hydrogen) atoms. The molecular formula is C9H6FN3O. The van der Waals surface area contributed by atoms with Crippen LogP contribution in [0.1, 0.15) is 5.56 Å². The van der Waals surface area contributed by atoms with Crippen molar-refractivity contribution in [1.29, 1.82) is 5.26 Å². The second-order valence-corrected chi connectivity index (χ2v) is 2.89. The number of fused-ring (bicyclic) bond motifs is 1. The molecule has 1 aromatic rings. The van der Waals surface area contributed by atoms with Crippen LogP contribution in [0.4, 0.5) is 15.8 Å². The monoisotopic (exact) mass is 191 g/mol. The lowest BCUT2D eigenvalue weighted by molar-refractivity contribution is -0.114. The Morgan fingerprint density at radius 2 is 2.29 bits per heavy atom. The first-order chi connectivity index (χ1) is 6.70. The van der Waals surface area contributed by atoms with E-state index < -0.39 is 5.82 Å². The standard InChI is InChI=1S/C9H6FN3O/c10-6-1-5(3-11)2-7-9(6)13-8(14)4-12-7/h1-2,12H,4H2,(H,13,14). The molecule has 2 N–H and O–H groups in total. The molecule has 0 aromatic heterocycles. The molecule has 0 spiro atoms. The second-order valence-electron chi connectivity index (χ2n) is 2.89. The predicted octanol–water partition coefficient (Wildman–Crippen LogP) is 1.06. The molecule has 1 amide bonds. The van der Waals surface area contributed by atoms with Crippen molar-refractivity contribution in [2.45, 2.75) is 0 Å². The average Bonchev–Trinajstić information content (AvgIpc) is 2.19. The van der Waals surface area contributed by atoms with Gasteiger partial charge in [-0.15, -0.1) is 0 Å². The summed E-state index contributed by atoms with van der Waals surface area (Å²) in [5.74, 6) is -0.888. The van der Waals surface area contributed by atoms with Gasteiger partial charge in [0.25, 0.3) is 0 Å². The third kappa shape index (κ3) is 1.27. The van der Waals surface area contributed by atoms with Crippen molar-refractivity contribution in [2.75, 3.05) is 17.2 Å². The van der Waals surface area contributed by atoms with Gasteiger partial charge in [0.1, 0.15) is 11.5 Å². The van der Waals surface area contributed by atoms with E-state index in [1.807, 2.05) is 6.07 Å². The van der Waals surface area contributed by atoms with Crippen molar-refractivity contribution in [1.82, 2.24) is 0 Å². The van der Waals surface area contributed by atoms with E-state index in [1.54, 1.807) is 0 Å². The van der Waals surface area contributed by atoms with Crippen LogP contribution < -0.4 is 10.6 Å². The number of amides is 1. The van der Waals surface area contributed by atoms with Crippen LogP contribution in [0.2, 0.25) is 0 Å². The first kappa shape index (κ1) is 8.51. The molecule has 5 heteroatoms. The van der Waals surface area contributed by atoms with Crippen molar-refractivity contribution >= 4 is 17.3 Å². The number of hydrogen-bond donors (Lipinski definition) is 2. The van der Waals surface area contributed by atoms with Crippen LogP contribution >= 0.6 is 0 Å². The quantitative estimate of drug-likeness (QED) is 0.644. The largest absolute Gasteiger partial charge is 0.374 e. The molecule has 0 unspecified atom stereocenters. The van der Waals surface area contributed by atoms with Gasteiger partial charge in [-0.25, -0.2) is 4.39 Å². The summed E-state index contributed by atoms with van der Waals surface area (Å²) in [4.78, 5) is 10.9. The maximum absolute atomic E-state index is 13.3. The first-order valence-corrected chi connectivity index (χ1v) is 3.98. The number of hydrogen-bond acceptors (Lipinski definition) is 3. The fourth-order valence-corrected chi connectivity index (χ4v) is 1.30. The Morgan fingerprint density at radius 3 is 3.00 bits per heavy atom. The second kappa shape index (κ2) is 3.00. The molecule has 70 valence electrons. The maximum Gasteiger partial charge on any atom is 0.243 e. The summed E-state index contributed by atoms with van der Waals surface area (Å²) in [5, 5.41) is 13.7. The Balaban J connectivity index is 2.54. The number of halogens is 1. The molecule has 0 atom stereocenters. The molecular weight excluding hydrogens is 185 g/mol. The minimum Gasteiger partial charge on any atom is -0.374 e. The zero-order valence-electron chi connectivity index (χ0n) is 7.10. The molecule has 0 aliphatic carbocycles. The van der Waals surface area contributed by atoms with E-state index in [-0.39, 0.29) is 23.7 Å². The van der Waals surface area contributed by atoms with Gasteiger partial charge in [0.15, 0.2) is 0 Å². The summed E-state index contributed by atoms with van der Waals surface area (Å²) in [6.45, 7) is 0.0985. The lowest BCUT2D eigenvalue weighted by atomic mass is 10.1. The van der Waals surface area contributed by atoms with Gasteiger partial charge in [-0.1, -0.05) is 0 Å². The third-order valence-corrected chi connectivity index (χ3v) is 1.92. The molecule has 4 nitrogen and oxygen atoms in total. The SMILES string of the molecule is N#Cc1cc(F)c2c(c1)NCC(=O)N2. The van der Waals surface area contributed by atoms with E-state index in [0.29, 0.717) is 5.69 Å². The van der Waals surface area contributed by atoms with Crippen LogP contribution in [-0.4, -0.2) is 12.5 Å². The van der Waals surface area contributed by atoms with E-state index in [2.05, 4.69) is 10.6 Å². The van der Waals surface area contributed by atoms with E-state index >= 15 is 0 Å². The highest BCUT2D eigenvalue weighted by Gasteiger charge is 2.18. The summed E-state index contributed by atoms with van der Waals surface area (Å²) in [6, 6.07) is 4.42. The average molecular weight is 191 g/mol. The summed E-state index contributed by atoms with van der Waals surface area (Å²) in [5.41, 5.74) is 0.784. The number of nitrogens with zero attached hydrogens (tertiary/aromatic N) is 1. The molecule has 2 rings (SSSR count). The van der Waals surface area contributed by atoms with E-state index in [4.69, 9.17) is 5.26 Å². The number of benzene rings is 1. The molecule has 1 aromatic carbocycles. The van der Waals surface area contributed by atoms with Crippen LogP contribution in [0.15, 0.2) is 12.1 Å². The van der Waals surface area contributed by atoms with Gasteiger partial charge in [0, 0.05) is 0 Å². The van der Waals surface area contributed by atoms with Crippen LogP contribution in [-0.2, 0) is 4.79 Å². The zero-order chi connectivity index (χ0) is 10.1. The lowest BCUT2D eigenvalue weighted by Gasteiger charge is -2.19. The highest BCUT2D eigenvalue weighted by atomic mass is 19.1. The van der Waals surface area contributed by atoms with Gasteiger partial charge in [-0.05, 0) is 12.1 Å². The molecule has 1 aliphatic heterocycles. The number of carbonyl (C=O) groups excluding carboxylic acids is 1. The van der Waals surface area contributed by atoms with Gasteiger partial charge in [0.05, 0.1) is 23.9 Å². The first-order valence-electron chi connectivity index (χ1n) is 3.98. The topological polar surface area (TPSA) is 64.9 Å². The summed E-state index contributed by atoms with van der Waals surface area (Å²) in [6.07, 6.45) is 0. The van der Waals surface area contributed by atoms with Crippen molar-refractivity contribution in [2.24, 2.45) is 0 Å². The summed E-state index contributed by atoms with van der Waals surface area (Å²) >= 11 is 0. The number of rotatable bonds is 0. The Hall–Kier alpha value is -2.09. The Bertz CT molecular complexity index is 450. The van der Waals surface area contributed by atoms with Gasteiger partial charge in [-0.3, -0.25) is 4.79 Å². The van der Waals surface area contributed by atoms with Gasteiger partial charge in [0.2, 0.25) is 5.91 Å². The summed E-state index contributed by atoms with van der Waals surface area (Å²) in [7, 11) is 0. The van der Waals surface area contributed by atoms with E-state index in [9.17, 15) is 9.18 Å². The van der Waals surface area contributed by atoms with Crippen molar-refractivity contribution in [3.8, 4) is 6.07 Å². The van der Waals surface area contributed by atoms with E-state index in [0.717, 1.165) is 6.07 Å². The Labute approximate surface area is 79.3 Å². The van der Waals surface area contributed by atoms with Crippen molar-refractivity contribution < 1.29 is 9.18 Å². The summed E-state index contributed by atoms with van der Waals surface area (Å²) < 4.78 is 13.3. The number of anilines is 2. The molecule has 0 saturated heterocycles. The number of nitrogens with one attached hydrogen (secondary N) is 2. The molecule has 1 heterocycles.